The van der Waals surface area contributed by atoms with Crippen molar-refractivity contribution in [3.8, 4) is 0 Å². The number of esters is 1. The first kappa shape index (κ1) is 29.3. The number of rotatable bonds is 10. The molecule has 0 unspecified atom stereocenters. The Morgan fingerprint density at radius 1 is 1.40 bits per heavy atom. The molecule has 214 valence electrons. The molecule has 0 aromatic carbocycles. The predicted molar refractivity (Wildman–Crippen MR) is 147 cm³/mol. The minimum absolute atomic E-state index is 0.162. The Balaban J connectivity index is 1.53. The largest absolute Gasteiger partial charge is 0.543 e. The maximum Gasteiger partial charge on any atom is 0.352 e. The predicted octanol–water partition coefficient (Wildman–Crippen LogP) is -1.01. The molecule has 14 nitrogen and oxygen atoms in total. The molecule has 0 bridgehead atoms. The first-order valence-electron chi connectivity index (χ1n) is 11.9. The highest BCUT2D eigenvalue weighted by Crippen LogP contribution is 2.40. The number of carboxylic acid groups (broad SMARTS) is 1. The number of thiazole rings is 2. The summed E-state index contributed by atoms with van der Waals surface area (Å²) < 4.78 is 6.96. The molecule has 3 N–H and O–H groups in total. The standard InChI is InChI=1S/C23H27N7O7S3/c1-6-37-21(35)16-10(2)29(4)23(40-16)28(3)7-11-8-38-19-14(18(32)30(19)15(11)20(33)34)26-17(31)13(27-36-5)12-9-39-22(24)25-12/h9,14,19H,6-8H2,1-5H3,(H3-,24,25,26,31,33,34)/b27-13+/t14-,19-/m1/s1. The normalized spacial score (nSPS) is 18.7. The number of nitrogens with one attached hydrogen (secondary N) is 1. The van der Waals surface area contributed by atoms with E-state index in [0.717, 1.165) is 16.2 Å². The van der Waals surface area contributed by atoms with E-state index < -0.39 is 35.2 Å². The van der Waals surface area contributed by atoms with Crippen LogP contribution >= 0.6 is 34.4 Å². The van der Waals surface area contributed by atoms with Gasteiger partial charge in [0.15, 0.2) is 15.7 Å². The first-order chi connectivity index (χ1) is 19.0. The van der Waals surface area contributed by atoms with E-state index in [0.29, 0.717) is 21.3 Å². The summed E-state index contributed by atoms with van der Waals surface area (Å²) in [5, 5.41) is 20.3. The number of ether oxygens (including phenoxy) is 1. The van der Waals surface area contributed by atoms with Crippen LogP contribution in [0.3, 0.4) is 0 Å². The van der Waals surface area contributed by atoms with Crippen molar-refractivity contribution in [3.05, 3.63) is 32.9 Å². The molecule has 2 atom stereocenters. The second kappa shape index (κ2) is 11.8. The topological polar surface area (TPSA) is 183 Å². The van der Waals surface area contributed by atoms with Crippen LogP contribution in [0.1, 0.15) is 28.0 Å². The number of nitrogens with two attached hydrogens (primary N) is 1. The monoisotopic (exact) mass is 609 g/mol. The maximum atomic E-state index is 13.1. The van der Waals surface area contributed by atoms with Gasteiger partial charge in [0.1, 0.15) is 36.5 Å². The summed E-state index contributed by atoms with van der Waals surface area (Å²) in [6.07, 6.45) is 0. The highest BCUT2D eigenvalue weighted by molar-refractivity contribution is 8.00. The van der Waals surface area contributed by atoms with Crippen molar-refractivity contribution in [2.75, 3.05) is 43.7 Å². The third kappa shape index (κ3) is 5.35. The Kier molecular flexibility index (Phi) is 8.65. The van der Waals surface area contributed by atoms with E-state index in [9.17, 15) is 24.3 Å². The summed E-state index contributed by atoms with van der Waals surface area (Å²) in [5.74, 6) is -2.96. The average Bonchev–Trinajstić information content (AvgIpc) is 3.47. The van der Waals surface area contributed by atoms with Gasteiger partial charge in [-0.3, -0.25) is 19.4 Å². The number of carboxylic acids is 1. The molecule has 2 aliphatic heterocycles. The molecule has 2 aromatic rings. The Hall–Kier alpha value is -3.70. The lowest BCUT2D eigenvalue weighted by Crippen LogP contribution is -2.71. The summed E-state index contributed by atoms with van der Waals surface area (Å²) in [6.45, 7) is 3.94. The zero-order valence-electron chi connectivity index (χ0n) is 22.2. The van der Waals surface area contributed by atoms with E-state index in [1.165, 1.54) is 35.6 Å². The summed E-state index contributed by atoms with van der Waals surface area (Å²) >= 11 is 3.66. The molecule has 17 heteroatoms. The van der Waals surface area contributed by atoms with Gasteiger partial charge < -0.3 is 30.5 Å². The fraction of sp³-hybridized carbons (Fsp3) is 0.435. The Bertz CT molecular complexity index is 1430. The number of fused-ring (bicyclic) bond motifs is 1. The zero-order chi connectivity index (χ0) is 29.3. The number of aromatic nitrogens is 2. The van der Waals surface area contributed by atoms with Gasteiger partial charge in [0.25, 0.3) is 11.8 Å². The molecule has 1 saturated heterocycles. The van der Waals surface area contributed by atoms with Gasteiger partial charge in [0.05, 0.1) is 32.4 Å². The van der Waals surface area contributed by atoms with Gasteiger partial charge in [-0.25, -0.2) is 14.3 Å². The molecule has 4 rings (SSSR count). The van der Waals surface area contributed by atoms with Crippen LogP contribution in [0.2, 0.25) is 0 Å². The maximum absolute atomic E-state index is 13.1. The third-order valence-corrected chi connectivity index (χ3v) is 9.66. The van der Waals surface area contributed by atoms with Crippen LogP contribution in [0, 0.1) is 6.92 Å². The number of β-lactam (4-membered cyclic amide) rings is 1. The number of nitrogens with zero attached hydrogens (tertiary/aromatic N) is 5. The van der Waals surface area contributed by atoms with Crippen molar-refractivity contribution in [1.82, 2.24) is 15.2 Å². The Labute approximate surface area is 241 Å². The molecule has 40 heavy (non-hydrogen) atoms. The molecular weight excluding hydrogens is 582 g/mol. The van der Waals surface area contributed by atoms with Gasteiger partial charge in [0.2, 0.25) is 0 Å². The van der Waals surface area contributed by atoms with Gasteiger partial charge in [-0.05, 0) is 25.2 Å². The Morgan fingerprint density at radius 2 is 2.12 bits per heavy atom. The summed E-state index contributed by atoms with van der Waals surface area (Å²) in [6, 6.07) is -0.992. The van der Waals surface area contributed by atoms with Crippen molar-refractivity contribution in [3.63, 3.8) is 0 Å². The number of thioether (sulfide) groups is 1. The zero-order valence-corrected chi connectivity index (χ0v) is 24.7. The van der Waals surface area contributed by atoms with Gasteiger partial charge >= 0.3 is 11.1 Å². The lowest BCUT2D eigenvalue weighted by molar-refractivity contribution is -0.660. The Morgan fingerprint density at radius 3 is 2.73 bits per heavy atom. The van der Waals surface area contributed by atoms with E-state index in [-0.39, 0.29) is 41.1 Å². The van der Waals surface area contributed by atoms with Crippen LogP contribution in [0.4, 0.5) is 10.3 Å². The molecular formula is C23H27N7O7S3. The number of likely N-dealkylation sites (N-methyl/N-ethyl adjacent to an activating group) is 1. The van der Waals surface area contributed by atoms with Crippen LogP contribution in [-0.4, -0.2) is 83.8 Å². The van der Waals surface area contributed by atoms with E-state index >= 15 is 0 Å². The van der Waals surface area contributed by atoms with E-state index in [2.05, 4.69) is 15.5 Å². The van der Waals surface area contributed by atoms with E-state index in [1.54, 1.807) is 32.8 Å². The van der Waals surface area contributed by atoms with Crippen molar-refractivity contribution in [1.29, 1.82) is 0 Å². The number of hydrogen-bond donors (Lipinski definition) is 2. The second-order valence-electron chi connectivity index (χ2n) is 8.73. The molecule has 0 aliphatic carbocycles. The lowest BCUT2D eigenvalue weighted by atomic mass is 10.0. The highest BCUT2D eigenvalue weighted by Gasteiger charge is 2.53. The number of nitrogen functional groups attached to an aromatic ring is 1. The van der Waals surface area contributed by atoms with Crippen LogP contribution < -0.4 is 25.6 Å². The third-order valence-electron chi connectivity index (χ3n) is 6.22. The van der Waals surface area contributed by atoms with E-state index in [1.807, 2.05) is 4.57 Å². The number of anilines is 2. The minimum Gasteiger partial charge on any atom is -0.543 e. The summed E-state index contributed by atoms with van der Waals surface area (Å²) in [5.41, 5.74) is 6.62. The van der Waals surface area contributed by atoms with E-state index in [4.69, 9.17) is 15.3 Å². The van der Waals surface area contributed by atoms with Crippen LogP contribution in [0.15, 0.2) is 21.8 Å². The molecule has 0 radical (unpaired) electrons. The molecule has 4 heterocycles. The molecule has 0 saturated carbocycles. The number of carbonyl (C=O) groups is 4. The number of oxime groups is 1. The smallest absolute Gasteiger partial charge is 0.352 e. The number of amides is 2. The minimum atomic E-state index is -1.50. The number of hydrogen-bond acceptors (Lipinski definition) is 14. The molecule has 0 spiro atoms. The van der Waals surface area contributed by atoms with Crippen molar-refractivity contribution in [2.24, 2.45) is 12.2 Å². The molecule has 1 fully saturated rings. The summed E-state index contributed by atoms with van der Waals surface area (Å²) in [7, 11) is 4.83. The summed E-state index contributed by atoms with van der Waals surface area (Å²) in [4.78, 5) is 62.8. The van der Waals surface area contributed by atoms with Crippen molar-refractivity contribution in [2.45, 2.75) is 25.3 Å². The fourth-order valence-electron chi connectivity index (χ4n) is 4.30. The quantitative estimate of drug-likeness (QED) is 0.111. The van der Waals surface area contributed by atoms with Crippen LogP contribution in [-0.2, 0) is 31.0 Å². The van der Waals surface area contributed by atoms with Crippen molar-refractivity contribution >= 4 is 74.2 Å². The highest BCUT2D eigenvalue weighted by atomic mass is 32.2. The number of carbonyl (C=O) groups excluding carboxylic acids is 4. The average molecular weight is 610 g/mol. The fourth-order valence-corrected chi connectivity index (χ4v) is 7.29. The molecule has 2 amide bonds. The van der Waals surface area contributed by atoms with Gasteiger partial charge in [0, 0.05) is 16.7 Å². The van der Waals surface area contributed by atoms with Crippen LogP contribution in [0.5, 0.6) is 0 Å². The first-order valence-corrected chi connectivity index (χ1v) is 14.6. The van der Waals surface area contributed by atoms with Gasteiger partial charge in [-0.2, -0.15) is 0 Å². The number of aliphatic carboxylic acids is 1. The molecule has 2 aliphatic rings. The SMILES string of the molecule is CCOC(=O)c1sc(N(C)CC2=C(C(=O)[O-])N3C(=O)[C@@H](NC(=O)/C(=N/OC)c4csc(N)n4)[C@H]3SC2)[n+](C)c1C. The van der Waals surface area contributed by atoms with Gasteiger partial charge in [-0.1, -0.05) is 5.16 Å². The van der Waals surface area contributed by atoms with Crippen LogP contribution in [0.25, 0.3) is 0 Å². The lowest BCUT2D eigenvalue weighted by Gasteiger charge is -2.50. The molecule has 2 aromatic heterocycles. The van der Waals surface area contributed by atoms with Crippen molar-refractivity contribution < 1.29 is 38.4 Å². The second-order valence-corrected chi connectivity index (χ2v) is 11.7. The van der Waals surface area contributed by atoms with Gasteiger partial charge in [-0.15, -0.1) is 23.1 Å².